The molecule has 20 heavy (non-hydrogen) atoms. The number of hydrogen-bond acceptors (Lipinski definition) is 3. The number of carbonyl (C=O) groups is 1. The average molecular weight is 282 g/mol. The zero-order chi connectivity index (χ0) is 15.0. The number of ether oxygens (including phenoxy) is 1. The van der Waals surface area contributed by atoms with Crippen LogP contribution in [0.25, 0.3) is 0 Å². The molecular weight excluding hydrogens is 259 g/mol. The fourth-order valence-corrected chi connectivity index (χ4v) is 1.96. The Morgan fingerprint density at radius 3 is 2.50 bits per heavy atom. The normalized spacial score (nSPS) is 10.5. The highest BCUT2D eigenvalue weighted by atomic mass is 19.1. The van der Waals surface area contributed by atoms with Crippen LogP contribution in [0.1, 0.15) is 55.8 Å². The molecule has 0 spiro atoms. The van der Waals surface area contributed by atoms with Crippen molar-refractivity contribution in [3.05, 3.63) is 23.5 Å². The van der Waals surface area contributed by atoms with Crippen molar-refractivity contribution in [2.45, 2.75) is 45.4 Å². The van der Waals surface area contributed by atoms with E-state index in [1.54, 1.807) is 0 Å². The number of benzene rings is 1. The molecule has 0 radical (unpaired) electrons. The summed E-state index contributed by atoms with van der Waals surface area (Å²) in [6, 6.07) is 2.33. The van der Waals surface area contributed by atoms with Gasteiger partial charge in [-0.2, -0.15) is 0 Å². The molecule has 0 aromatic heterocycles. The first kappa shape index (κ1) is 16.3. The Bertz CT molecular complexity index is 450. The second-order valence-electron chi connectivity index (χ2n) is 4.85. The lowest BCUT2D eigenvalue weighted by molar-refractivity contribution is 0.100. The van der Waals surface area contributed by atoms with E-state index in [4.69, 9.17) is 16.2 Å². The highest BCUT2D eigenvalue weighted by Crippen LogP contribution is 2.24. The van der Waals surface area contributed by atoms with E-state index in [1.165, 1.54) is 25.3 Å². The largest absolute Gasteiger partial charge is 0.490 e. The molecule has 1 aromatic carbocycles. The van der Waals surface area contributed by atoms with Crippen molar-refractivity contribution in [2.75, 3.05) is 12.3 Å². The van der Waals surface area contributed by atoms with E-state index in [0.717, 1.165) is 25.3 Å². The van der Waals surface area contributed by atoms with Crippen LogP contribution in [0, 0.1) is 5.82 Å². The smallest absolute Gasteiger partial charge is 0.250 e. The zero-order valence-electron chi connectivity index (χ0n) is 12.0. The highest BCUT2D eigenvalue weighted by molar-refractivity contribution is 5.98. The van der Waals surface area contributed by atoms with Crippen LogP contribution in [0.5, 0.6) is 5.75 Å². The number of nitrogens with two attached hydrogens (primary N) is 2. The number of amides is 1. The van der Waals surface area contributed by atoms with Crippen molar-refractivity contribution in [3.63, 3.8) is 0 Å². The van der Waals surface area contributed by atoms with Crippen LogP contribution in [-0.4, -0.2) is 12.5 Å². The summed E-state index contributed by atoms with van der Waals surface area (Å²) in [5.74, 6) is -1.23. The van der Waals surface area contributed by atoms with E-state index >= 15 is 0 Å². The molecule has 0 unspecified atom stereocenters. The van der Waals surface area contributed by atoms with Crippen molar-refractivity contribution >= 4 is 11.6 Å². The van der Waals surface area contributed by atoms with Crippen LogP contribution in [-0.2, 0) is 0 Å². The fraction of sp³-hybridized carbons (Fsp3) is 0.533. The van der Waals surface area contributed by atoms with Gasteiger partial charge in [0, 0.05) is 11.8 Å². The molecule has 1 amide bonds. The van der Waals surface area contributed by atoms with Crippen LogP contribution in [0.4, 0.5) is 10.1 Å². The first-order valence-corrected chi connectivity index (χ1v) is 7.08. The maximum absolute atomic E-state index is 13.6. The molecule has 0 aliphatic carbocycles. The number of nitrogen functional groups attached to an aromatic ring is 1. The summed E-state index contributed by atoms with van der Waals surface area (Å²) in [7, 11) is 0. The molecule has 0 saturated heterocycles. The summed E-state index contributed by atoms with van der Waals surface area (Å²) in [5, 5.41) is 0. The summed E-state index contributed by atoms with van der Waals surface area (Å²) >= 11 is 0. The number of unbranched alkanes of at least 4 members (excludes halogenated alkanes) is 5. The molecule has 0 aliphatic rings. The molecule has 5 heteroatoms. The average Bonchev–Trinajstić information content (AvgIpc) is 2.39. The molecular formula is C15H23FN2O2. The lowest BCUT2D eigenvalue weighted by atomic mass is 10.1. The maximum Gasteiger partial charge on any atom is 0.250 e. The third-order valence-corrected chi connectivity index (χ3v) is 3.12. The number of primary amides is 1. The van der Waals surface area contributed by atoms with Crippen LogP contribution in [0.15, 0.2) is 12.1 Å². The summed E-state index contributed by atoms with van der Waals surface area (Å²) in [6.07, 6.45) is 6.75. The second kappa shape index (κ2) is 8.40. The molecule has 0 heterocycles. The first-order chi connectivity index (χ1) is 9.56. The minimum absolute atomic E-state index is 0.0292. The van der Waals surface area contributed by atoms with Crippen LogP contribution >= 0.6 is 0 Å². The number of carbonyl (C=O) groups excluding carboxylic acids is 1. The highest BCUT2D eigenvalue weighted by Gasteiger charge is 2.12. The Labute approximate surface area is 119 Å². The van der Waals surface area contributed by atoms with Gasteiger partial charge < -0.3 is 16.2 Å². The quantitative estimate of drug-likeness (QED) is 0.539. The molecule has 1 aromatic rings. The Kier molecular flexibility index (Phi) is 6.84. The molecule has 0 atom stereocenters. The van der Waals surface area contributed by atoms with Crippen LogP contribution in [0.2, 0.25) is 0 Å². The monoisotopic (exact) mass is 282 g/mol. The standard InChI is InChI=1S/C15H23FN2O2/c1-2-3-4-5-6-7-8-20-14-9-11(15(18)19)13(17)10-12(14)16/h9-10H,2-8,17H2,1H3,(H2,18,19). The maximum atomic E-state index is 13.6. The number of rotatable bonds is 9. The van der Waals surface area contributed by atoms with Crippen molar-refractivity contribution in [1.29, 1.82) is 0 Å². The summed E-state index contributed by atoms with van der Waals surface area (Å²) in [6.45, 7) is 2.59. The van der Waals surface area contributed by atoms with Gasteiger partial charge in [-0.3, -0.25) is 4.79 Å². The first-order valence-electron chi connectivity index (χ1n) is 7.08. The van der Waals surface area contributed by atoms with Crippen LogP contribution in [0.3, 0.4) is 0 Å². The van der Waals surface area contributed by atoms with Gasteiger partial charge in [-0.1, -0.05) is 39.0 Å². The van der Waals surface area contributed by atoms with Gasteiger partial charge in [0.15, 0.2) is 11.6 Å². The summed E-state index contributed by atoms with van der Waals surface area (Å²) in [4.78, 5) is 11.1. The predicted octanol–water partition coefficient (Wildman–Crippen LogP) is 3.25. The summed E-state index contributed by atoms with van der Waals surface area (Å²) in [5.41, 5.74) is 10.8. The van der Waals surface area contributed by atoms with Gasteiger partial charge in [-0.05, 0) is 12.5 Å². The van der Waals surface area contributed by atoms with Gasteiger partial charge in [-0.25, -0.2) is 4.39 Å². The molecule has 4 nitrogen and oxygen atoms in total. The Morgan fingerprint density at radius 1 is 1.20 bits per heavy atom. The minimum atomic E-state index is -0.688. The van der Waals surface area contributed by atoms with E-state index < -0.39 is 11.7 Å². The Morgan fingerprint density at radius 2 is 1.85 bits per heavy atom. The molecule has 0 bridgehead atoms. The molecule has 0 saturated carbocycles. The van der Waals surface area contributed by atoms with Crippen molar-refractivity contribution < 1.29 is 13.9 Å². The van der Waals surface area contributed by atoms with Gasteiger partial charge in [0.25, 0.3) is 5.91 Å². The topological polar surface area (TPSA) is 78.3 Å². The SMILES string of the molecule is CCCCCCCCOc1cc(C(N)=O)c(N)cc1F. The molecule has 0 aliphatic heterocycles. The predicted molar refractivity (Wildman–Crippen MR) is 78.2 cm³/mol. The molecule has 4 N–H and O–H groups in total. The lowest BCUT2D eigenvalue weighted by Crippen LogP contribution is -2.14. The van der Waals surface area contributed by atoms with Crippen molar-refractivity contribution in [1.82, 2.24) is 0 Å². The Balaban J connectivity index is 2.44. The van der Waals surface area contributed by atoms with Crippen molar-refractivity contribution in [2.24, 2.45) is 5.73 Å². The van der Waals surface area contributed by atoms with E-state index in [-0.39, 0.29) is 17.0 Å². The minimum Gasteiger partial charge on any atom is -0.490 e. The summed E-state index contributed by atoms with van der Waals surface area (Å²) < 4.78 is 19.0. The van der Waals surface area contributed by atoms with E-state index in [0.29, 0.717) is 6.61 Å². The van der Waals surface area contributed by atoms with E-state index in [9.17, 15) is 9.18 Å². The molecule has 1 rings (SSSR count). The van der Waals surface area contributed by atoms with Crippen LogP contribution < -0.4 is 16.2 Å². The molecule has 0 fully saturated rings. The number of halogens is 1. The zero-order valence-corrected chi connectivity index (χ0v) is 12.0. The second-order valence-corrected chi connectivity index (χ2v) is 4.85. The van der Waals surface area contributed by atoms with Gasteiger partial charge in [-0.15, -0.1) is 0 Å². The number of anilines is 1. The van der Waals surface area contributed by atoms with Gasteiger partial charge >= 0.3 is 0 Å². The third-order valence-electron chi connectivity index (χ3n) is 3.12. The Hall–Kier alpha value is -1.78. The van der Waals surface area contributed by atoms with E-state index in [1.807, 2.05) is 0 Å². The van der Waals surface area contributed by atoms with Gasteiger partial charge in [0.2, 0.25) is 0 Å². The fourth-order valence-electron chi connectivity index (χ4n) is 1.96. The third kappa shape index (κ3) is 5.07. The lowest BCUT2D eigenvalue weighted by Gasteiger charge is -2.10. The van der Waals surface area contributed by atoms with Gasteiger partial charge in [0.05, 0.1) is 12.2 Å². The number of hydrogen-bond donors (Lipinski definition) is 2. The van der Waals surface area contributed by atoms with Gasteiger partial charge in [0.1, 0.15) is 0 Å². The van der Waals surface area contributed by atoms with Crippen molar-refractivity contribution in [3.8, 4) is 5.75 Å². The molecule has 112 valence electrons. The van der Waals surface area contributed by atoms with E-state index in [2.05, 4.69) is 6.92 Å².